The largest absolute Gasteiger partial charge is 0.508 e. The molecular formula is C12H10N4O2. The highest BCUT2D eigenvalue weighted by molar-refractivity contribution is 5.92. The van der Waals surface area contributed by atoms with E-state index >= 15 is 0 Å². The number of hydrazone groups is 1. The van der Waals surface area contributed by atoms with Crippen LogP contribution in [0.5, 0.6) is 5.75 Å². The van der Waals surface area contributed by atoms with Gasteiger partial charge >= 0.3 is 0 Å². The number of phenolic OH excluding ortho intramolecular Hbond substituents is 1. The lowest BCUT2D eigenvalue weighted by molar-refractivity contribution is 0.0949. The van der Waals surface area contributed by atoms with Crippen molar-refractivity contribution in [3.05, 3.63) is 54.1 Å². The predicted octanol–water partition coefficient (Wildman–Crippen LogP) is 0.946. The quantitative estimate of drug-likeness (QED) is 0.619. The average molecular weight is 242 g/mol. The Morgan fingerprint density at radius 1 is 1.28 bits per heavy atom. The van der Waals surface area contributed by atoms with Gasteiger partial charge in [0.05, 0.1) is 12.4 Å². The maximum absolute atomic E-state index is 11.5. The lowest BCUT2D eigenvalue weighted by Crippen LogP contribution is -2.19. The molecule has 0 aliphatic carbocycles. The summed E-state index contributed by atoms with van der Waals surface area (Å²) in [5.41, 5.74) is 3.28. The van der Waals surface area contributed by atoms with Crippen LogP contribution in [0, 0.1) is 0 Å². The molecule has 6 nitrogen and oxygen atoms in total. The summed E-state index contributed by atoms with van der Waals surface area (Å²) in [6, 6.07) is 6.41. The standard InChI is InChI=1S/C12H10N4O2/c17-10-3-1-9(2-4-10)7-15-16-12(18)11-8-13-5-6-14-11/h1-8,17H,(H,16,18)/b15-7+. The van der Waals surface area contributed by atoms with Crippen molar-refractivity contribution in [2.24, 2.45) is 5.10 Å². The first-order valence-electron chi connectivity index (χ1n) is 5.14. The topological polar surface area (TPSA) is 87.5 Å². The predicted molar refractivity (Wildman–Crippen MR) is 65.2 cm³/mol. The van der Waals surface area contributed by atoms with Crippen LogP contribution in [0.2, 0.25) is 0 Å². The maximum atomic E-state index is 11.5. The van der Waals surface area contributed by atoms with E-state index in [0.717, 1.165) is 5.56 Å². The van der Waals surface area contributed by atoms with Crippen LogP contribution >= 0.6 is 0 Å². The molecule has 0 bridgehead atoms. The molecule has 0 aliphatic rings. The molecule has 90 valence electrons. The molecule has 2 N–H and O–H groups in total. The summed E-state index contributed by atoms with van der Waals surface area (Å²) in [6.45, 7) is 0. The van der Waals surface area contributed by atoms with Gasteiger partial charge in [0.15, 0.2) is 0 Å². The Labute approximate surface area is 103 Å². The first kappa shape index (κ1) is 11.7. The van der Waals surface area contributed by atoms with Crippen LogP contribution in [0.1, 0.15) is 16.1 Å². The molecular weight excluding hydrogens is 232 g/mol. The third kappa shape index (κ3) is 3.11. The molecule has 6 heteroatoms. The van der Waals surface area contributed by atoms with E-state index in [2.05, 4.69) is 20.5 Å². The second-order valence-electron chi connectivity index (χ2n) is 3.38. The van der Waals surface area contributed by atoms with E-state index in [1.807, 2.05) is 0 Å². The first-order valence-corrected chi connectivity index (χ1v) is 5.14. The van der Waals surface area contributed by atoms with Crippen LogP contribution in [-0.4, -0.2) is 27.2 Å². The van der Waals surface area contributed by atoms with E-state index in [9.17, 15) is 4.79 Å². The Morgan fingerprint density at radius 3 is 2.72 bits per heavy atom. The Kier molecular flexibility index (Phi) is 3.60. The van der Waals surface area contributed by atoms with Gasteiger partial charge in [-0.15, -0.1) is 0 Å². The van der Waals surface area contributed by atoms with Crippen molar-refractivity contribution in [3.8, 4) is 5.75 Å². The normalized spacial score (nSPS) is 10.4. The molecule has 1 heterocycles. The third-order valence-corrected chi connectivity index (χ3v) is 2.07. The number of phenols is 1. The van der Waals surface area contributed by atoms with Crippen molar-refractivity contribution in [2.75, 3.05) is 0 Å². The number of carbonyl (C=O) groups is 1. The van der Waals surface area contributed by atoms with E-state index in [1.54, 1.807) is 12.1 Å². The molecule has 0 spiro atoms. The highest BCUT2D eigenvalue weighted by Crippen LogP contribution is 2.07. The van der Waals surface area contributed by atoms with E-state index in [1.165, 1.54) is 36.9 Å². The van der Waals surface area contributed by atoms with E-state index < -0.39 is 5.91 Å². The van der Waals surface area contributed by atoms with Crippen LogP contribution in [0.25, 0.3) is 0 Å². The molecule has 2 aromatic rings. The molecule has 0 aliphatic heterocycles. The van der Waals surface area contributed by atoms with Gasteiger partial charge in [-0.25, -0.2) is 10.4 Å². The summed E-state index contributed by atoms with van der Waals surface area (Å²) >= 11 is 0. The van der Waals surface area contributed by atoms with Crippen molar-refractivity contribution in [1.29, 1.82) is 0 Å². The van der Waals surface area contributed by atoms with Crippen LogP contribution < -0.4 is 5.43 Å². The fourth-order valence-electron chi connectivity index (χ4n) is 1.20. The SMILES string of the molecule is O=C(N/N=C/c1ccc(O)cc1)c1cnccn1. The van der Waals surface area contributed by atoms with Gasteiger partial charge in [-0.05, 0) is 29.8 Å². The molecule has 0 unspecified atom stereocenters. The summed E-state index contributed by atoms with van der Waals surface area (Å²) in [4.78, 5) is 19.1. The number of hydrogen-bond acceptors (Lipinski definition) is 5. The first-order chi connectivity index (χ1) is 8.75. The number of aromatic nitrogens is 2. The molecule has 1 aromatic heterocycles. The van der Waals surface area contributed by atoms with Gasteiger partial charge in [0, 0.05) is 12.4 Å². The zero-order valence-corrected chi connectivity index (χ0v) is 9.32. The van der Waals surface area contributed by atoms with Crippen LogP contribution in [0.15, 0.2) is 48.0 Å². The van der Waals surface area contributed by atoms with Crippen molar-refractivity contribution < 1.29 is 9.90 Å². The summed E-state index contributed by atoms with van der Waals surface area (Å²) in [6.07, 6.45) is 5.73. The fraction of sp³-hybridized carbons (Fsp3) is 0. The van der Waals surface area contributed by atoms with Crippen LogP contribution in [-0.2, 0) is 0 Å². The minimum absolute atomic E-state index is 0.177. The number of benzene rings is 1. The summed E-state index contributed by atoms with van der Waals surface area (Å²) in [7, 11) is 0. The Hall–Kier alpha value is -2.76. The van der Waals surface area contributed by atoms with E-state index in [4.69, 9.17) is 5.11 Å². The van der Waals surface area contributed by atoms with Gasteiger partial charge in [0.2, 0.25) is 0 Å². The minimum Gasteiger partial charge on any atom is -0.508 e. The second kappa shape index (κ2) is 5.53. The molecule has 0 fully saturated rings. The average Bonchev–Trinajstić information content (AvgIpc) is 2.42. The van der Waals surface area contributed by atoms with Crippen LogP contribution in [0.4, 0.5) is 0 Å². The fourth-order valence-corrected chi connectivity index (χ4v) is 1.20. The second-order valence-corrected chi connectivity index (χ2v) is 3.38. The number of nitrogens with zero attached hydrogens (tertiary/aromatic N) is 3. The van der Waals surface area contributed by atoms with E-state index in [-0.39, 0.29) is 11.4 Å². The third-order valence-electron chi connectivity index (χ3n) is 2.07. The van der Waals surface area contributed by atoms with Gasteiger partial charge in [-0.2, -0.15) is 5.10 Å². The summed E-state index contributed by atoms with van der Waals surface area (Å²) < 4.78 is 0. The molecule has 18 heavy (non-hydrogen) atoms. The van der Waals surface area contributed by atoms with Gasteiger partial charge in [0.1, 0.15) is 11.4 Å². The zero-order chi connectivity index (χ0) is 12.8. The lowest BCUT2D eigenvalue weighted by atomic mass is 10.2. The summed E-state index contributed by atoms with van der Waals surface area (Å²) in [5.74, 6) is -0.256. The minimum atomic E-state index is -0.432. The highest BCUT2D eigenvalue weighted by Gasteiger charge is 2.04. The van der Waals surface area contributed by atoms with Crippen molar-refractivity contribution >= 4 is 12.1 Å². The van der Waals surface area contributed by atoms with Gasteiger partial charge in [-0.1, -0.05) is 0 Å². The lowest BCUT2D eigenvalue weighted by Gasteiger charge is -1.97. The molecule has 0 radical (unpaired) electrons. The monoisotopic (exact) mass is 242 g/mol. The molecule has 0 saturated heterocycles. The number of rotatable bonds is 3. The Morgan fingerprint density at radius 2 is 2.06 bits per heavy atom. The highest BCUT2D eigenvalue weighted by atomic mass is 16.3. The van der Waals surface area contributed by atoms with Crippen molar-refractivity contribution in [1.82, 2.24) is 15.4 Å². The number of nitrogens with one attached hydrogen (secondary N) is 1. The van der Waals surface area contributed by atoms with Gasteiger partial charge < -0.3 is 5.11 Å². The van der Waals surface area contributed by atoms with Gasteiger partial charge in [0.25, 0.3) is 5.91 Å². The van der Waals surface area contributed by atoms with Crippen LogP contribution in [0.3, 0.4) is 0 Å². The molecule has 1 aromatic carbocycles. The van der Waals surface area contributed by atoms with E-state index in [0.29, 0.717) is 0 Å². The van der Waals surface area contributed by atoms with Crippen molar-refractivity contribution in [2.45, 2.75) is 0 Å². The van der Waals surface area contributed by atoms with Crippen molar-refractivity contribution in [3.63, 3.8) is 0 Å². The number of hydrogen-bond donors (Lipinski definition) is 2. The maximum Gasteiger partial charge on any atom is 0.291 e. The number of carbonyl (C=O) groups excluding carboxylic acids is 1. The molecule has 0 atom stereocenters. The smallest absolute Gasteiger partial charge is 0.291 e. The Balaban J connectivity index is 1.96. The zero-order valence-electron chi connectivity index (χ0n) is 9.32. The Bertz CT molecular complexity index is 552. The molecule has 0 saturated carbocycles. The number of aromatic hydroxyl groups is 1. The molecule has 1 amide bonds. The summed E-state index contributed by atoms with van der Waals surface area (Å²) in [5, 5.41) is 12.9. The molecule has 2 rings (SSSR count). The number of amides is 1. The van der Waals surface area contributed by atoms with Gasteiger partial charge in [-0.3, -0.25) is 9.78 Å².